The molecule has 5 nitrogen and oxygen atoms in total. The largest absolute Gasteiger partial charge is 0.456 e. The molecule has 0 saturated carbocycles. The fourth-order valence-corrected chi connectivity index (χ4v) is 6.20. The van der Waals surface area contributed by atoms with Gasteiger partial charge in [0.1, 0.15) is 22.3 Å². The second kappa shape index (κ2) is 9.75. The van der Waals surface area contributed by atoms with Gasteiger partial charge in [0.05, 0.1) is 0 Å². The third kappa shape index (κ3) is 3.83. The summed E-state index contributed by atoms with van der Waals surface area (Å²) in [5, 5.41) is 4.10. The minimum absolute atomic E-state index is 0.585. The third-order valence-corrected chi connectivity index (χ3v) is 8.16. The van der Waals surface area contributed by atoms with Gasteiger partial charge in [0.15, 0.2) is 17.5 Å². The van der Waals surface area contributed by atoms with Gasteiger partial charge in [0.25, 0.3) is 0 Å². The summed E-state index contributed by atoms with van der Waals surface area (Å²) in [5.41, 5.74) is 8.08. The van der Waals surface area contributed by atoms with Gasteiger partial charge in [-0.1, -0.05) is 109 Å². The Morgan fingerprint density at radius 1 is 0.341 bits per heavy atom. The van der Waals surface area contributed by atoms with Crippen molar-refractivity contribution in [3.63, 3.8) is 0 Å². The SMILES string of the molecule is c1ccc(-c2nc(-c3ccc4oc5ccccc5c4c3-c3ccccc3)nc(-c3cccc4oc5ccccc5c34)n2)cc1. The molecule has 9 aromatic rings. The van der Waals surface area contributed by atoms with Gasteiger partial charge < -0.3 is 8.83 Å². The molecule has 0 saturated heterocycles. The topological polar surface area (TPSA) is 65.0 Å². The van der Waals surface area contributed by atoms with E-state index in [2.05, 4.69) is 48.5 Å². The lowest BCUT2D eigenvalue weighted by atomic mass is 9.94. The lowest BCUT2D eigenvalue weighted by Gasteiger charge is -2.13. The van der Waals surface area contributed by atoms with E-state index in [1.807, 2.05) is 91.0 Å². The molecule has 0 bridgehead atoms. The van der Waals surface area contributed by atoms with Gasteiger partial charge >= 0.3 is 0 Å². The summed E-state index contributed by atoms with van der Waals surface area (Å²) in [6, 6.07) is 46.8. The Morgan fingerprint density at radius 3 is 1.57 bits per heavy atom. The molecule has 9 rings (SSSR count). The Bertz CT molecular complexity index is 2500. The van der Waals surface area contributed by atoms with Crippen molar-refractivity contribution >= 4 is 43.9 Å². The Morgan fingerprint density at radius 2 is 0.864 bits per heavy atom. The summed E-state index contributed by atoms with van der Waals surface area (Å²) >= 11 is 0. The molecule has 0 unspecified atom stereocenters. The van der Waals surface area contributed by atoms with E-state index in [4.69, 9.17) is 23.8 Å². The van der Waals surface area contributed by atoms with E-state index in [1.165, 1.54) is 0 Å². The van der Waals surface area contributed by atoms with E-state index in [0.29, 0.717) is 17.5 Å². The van der Waals surface area contributed by atoms with Crippen LogP contribution >= 0.6 is 0 Å². The molecule has 6 aromatic carbocycles. The molecule has 44 heavy (non-hydrogen) atoms. The van der Waals surface area contributed by atoms with Crippen LogP contribution in [0.5, 0.6) is 0 Å². The molecule has 0 aliphatic heterocycles. The zero-order valence-electron chi connectivity index (χ0n) is 23.4. The molecule has 0 aliphatic carbocycles. The molecule has 0 amide bonds. The van der Waals surface area contributed by atoms with E-state index < -0.39 is 0 Å². The summed E-state index contributed by atoms with van der Waals surface area (Å²) < 4.78 is 12.5. The standard InChI is InChI=1S/C39H23N3O2/c1-3-12-24(13-4-1)34-29(22-23-33-36(34)27-17-8-10-20-31(27)44-33)39-41-37(25-14-5-2-6-15-25)40-38(42-39)28-18-11-21-32-35(28)26-16-7-9-19-30(26)43-32/h1-23H. The molecule has 0 radical (unpaired) electrons. The van der Waals surface area contributed by atoms with Gasteiger partial charge in [-0.05, 0) is 35.9 Å². The van der Waals surface area contributed by atoms with Crippen molar-refractivity contribution in [2.75, 3.05) is 0 Å². The first-order chi connectivity index (χ1) is 21.8. The quantitative estimate of drug-likeness (QED) is 0.212. The van der Waals surface area contributed by atoms with Crippen LogP contribution in [0, 0.1) is 0 Å². The average molecular weight is 566 g/mol. The Balaban J connectivity index is 1.38. The summed E-state index contributed by atoms with van der Waals surface area (Å²) in [6.07, 6.45) is 0. The van der Waals surface area contributed by atoms with E-state index in [0.717, 1.165) is 71.7 Å². The molecule has 0 N–H and O–H groups in total. The molecule has 3 heterocycles. The monoisotopic (exact) mass is 565 g/mol. The van der Waals surface area contributed by atoms with Crippen molar-refractivity contribution in [2.45, 2.75) is 0 Å². The Labute approximate surface area is 252 Å². The van der Waals surface area contributed by atoms with Crippen LogP contribution in [0.1, 0.15) is 0 Å². The molecule has 3 aromatic heterocycles. The van der Waals surface area contributed by atoms with E-state index in [-0.39, 0.29) is 0 Å². The number of hydrogen-bond donors (Lipinski definition) is 0. The highest BCUT2D eigenvalue weighted by Gasteiger charge is 2.22. The maximum Gasteiger partial charge on any atom is 0.164 e. The molecule has 5 heteroatoms. The van der Waals surface area contributed by atoms with Crippen LogP contribution in [-0.2, 0) is 0 Å². The molecule has 206 valence electrons. The van der Waals surface area contributed by atoms with Gasteiger partial charge in [-0.15, -0.1) is 0 Å². The molecular weight excluding hydrogens is 542 g/mol. The van der Waals surface area contributed by atoms with Gasteiger partial charge in [-0.2, -0.15) is 0 Å². The van der Waals surface area contributed by atoms with Crippen LogP contribution in [0.2, 0.25) is 0 Å². The second-order valence-electron chi connectivity index (χ2n) is 10.8. The van der Waals surface area contributed by atoms with Crippen LogP contribution in [0.3, 0.4) is 0 Å². The van der Waals surface area contributed by atoms with Crippen LogP contribution in [-0.4, -0.2) is 15.0 Å². The van der Waals surface area contributed by atoms with Crippen LogP contribution in [0.15, 0.2) is 148 Å². The lowest BCUT2D eigenvalue weighted by molar-refractivity contribution is 0.668. The number of nitrogens with zero attached hydrogens (tertiary/aromatic N) is 3. The van der Waals surface area contributed by atoms with E-state index in [1.54, 1.807) is 0 Å². The molecule has 0 spiro atoms. The molecule has 0 atom stereocenters. The number of aromatic nitrogens is 3. The van der Waals surface area contributed by atoms with Crippen LogP contribution in [0.25, 0.3) is 89.2 Å². The summed E-state index contributed by atoms with van der Waals surface area (Å²) in [4.78, 5) is 15.4. The number of furan rings is 2. The number of rotatable bonds is 4. The Kier molecular flexibility index (Phi) is 5.43. The summed E-state index contributed by atoms with van der Waals surface area (Å²) in [6.45, 7) is 0. The predicted molar refractivity (Wildman–Crippen MR) is 176 cm³/mol. The smallest absolute Gasteiger partial charge is 0.164 e. The maximum absolute atomic E-state index is 6.31. The summed E-state index contributed by atoms with van der Waals surface area (Å²) in [7, 11) is 0. The first-order valence-electron chi connectivity index (χ1n) is 14.5. The van der Waals surface area contributed by atoms with Crippen molar-refractivity contribution in [1.29, 1.82) is 0 Å². The number of fused-ring (bicyclic) bond motifs is 6. The predicted octanol–water partition coefficient (Wildman–Crippen LogP) is 10.3. The third-order valence-electron chi connectivity index (χ3n) is 8.16. The fraction of sp³-hybridized carbons (Fsp3) is 0. The number of hydrogen-bond acceptors (Lipinski definition) is 5. The number of para-hydroxylation sites is 2. The molecular formula is C39H23N3O2. The summed E-state index contributed by atoms with van der Waals surface area (Å²) in [5.74, 6) is 1.78. The van der Waals surface area contributed by atoms with Crippen LogP contribution < -0.4 is 0 Å². The maximum atomic E-state index is 6.31. The minimum Gasteiger partial charge on any atom is -0.456 e. The van der Waals surface area contributed by atoms with Gasteiger partial charge in [0, 0.05) is 43.8 Å². The lowest BCUT2D eigenvalue weighted by Crippen LogP contribution is -2.01. The first kappa shape index (κ1) is 24.5. The van der Waals surface area contributed by atoms with Crippen LogP contribution in [0.4, 0.5) is 0 Å². The second-order valence-corrected chi connectivity index (χ2v) is 10.8. The van der Waals surface area contributed by atoms with Gasteiger partial charge in [0.2, 0.25) is 0 Å². The van der Waals surface area contributed by atoms with E-state index in [9.17, 15) is 0 Å². The van der Waals surface area contributed by atoms with Crippen molar-refractivity contribution in [3.05, 3.63) is 140 Å². The normalized spacial score (nSPS) is 11.6. The average Bonchev–Trinajstić information content (AvgIpc) is 3.67. The van der Waals surface area contributed by atoms with Gasteiger partial charge in [-0.3, -0.25) is 0 Å². The minimum atomic E-state index is 0.585. The van der Waals surface area contributed by atoms with Crippen molar-refractivity contribution in [1.82, 2.24) is 15.0 Å². The number of benzene rings is 6. The van der Waals surface area contributed by atoms with Crippen molar-refractivity contribution < 1.29 is 8.83 Å². The highest BCUT2D eigenvalue weighted by atomic mass is 16.3. The highest BCUT2D eigenvalue weighted by molar-refractivity contribution is 6.16. The fourth-order valence-electron chi connectivity index (χ4n) is 6.20. The molecule has 0 fully saturated rings. The Hall–Kier alpha value is -6.07. The molecule has 0 aliphatic rings. The van der Waals surface area contributed by atoms with Crippen molar-refractivity contribution in [2.24, 2.45) is 0 Å². The van der Waals surface area contributed by atoms with E-state index >= 15 is 0 Å². The van der Waals surface area contributed by atoms with Gasteiger partial charge in [-0.25, -0.2) is 15.0 Å². The highest BCUT2D eigenvalue weighted by Crippen LogP contribution is 2.43. The zero-order valence-corrected chi connectivity index (χ0v) is 23.4. The first-order valence-corrected chi connectivity index (χ1v) is 14.5. The zero-order chi connectivity index (χ0) is 29.0. The van der Waals surface area contributed by atoms with Crippen molar-refractivity contribution in [3.8, 4) is 45.3 Å².